The molecule has 0 bridgehead atoms. The van der Waals surface area contributed by atoms with Gasteiger partial charge < -0.3 is 5.11 Å². The first kappa shape index (κ1) is 14.9. The smallest absolute Gasteiger partial charge is 0.174 e. The van der Waals surface area contributed by atoms with E-state index < -0.39 is 11.5 Å². The maximum Gasteiger partial charge on any atom is 0.174 e. The van der Waals surface area contributed by atoms with E-state index in [9.17, 15) is 9.90 Å². The number of hydrogen-bond acceptors (Lipinski definition) is 2. The fourth-order valence-electron chi connectivity index (χ4n) is 3.70. The number of benzene rings is 3. The van der Waals surface area contributed by atoms with E-state index in [1.807, 2.05) is 79.7 Å². The van der Waals surface area contributed by atoms with Gasteiger partial charge in [0.15, 0.2) is 5.78 Å². The summed E-state index contributed by atoms with van der Waals surface area (Å²) in [5, 5.41) is 11.7. The molecule has 1 aliphatic rings. The van der Waals surface area contributed by atoms with Gasteiger partial charge in [-0.1, -0.05) is 84.4 Å². The van der Waals surface area contributed by atoms with Crippen LogP contribution in [0.4, 0.5) is 0 Å². The predicted octanol–water partition coefficient (Wildman–Crippen LogP) is 4.21. The highest BCUT2D eigenvalue weighted by Gasteiger charge is 2.52. The Labute approximate surface area is 141 Å². The molecule has 2 heteroatoms. The molecule has 0 aliphatic heterocycles. The van der Waals surface area contributed by atoms with Crippen LogP contribution in [0.1, 0.15) is 38.5 Å². The molecule has 0 saturated carbocycles. The zero-order valence-corrected chi connectivity index (χ0v) is 13.4. The lowest BCUT2D eigenvalue weighted by Gasteiger charge is -2.31. The largest absolute Gasteiger partial charge is 0.379 e. The lowest BCUT2D eigenvalue weighted by atomic mass is 9.77. The molecule has 0 saturated heterocycles. The average molecular weight is 314 g/mol. The fraction of sp³-hybridized carbons (Fsp3) is 0.136. The first-order valence-corrected chi connectivity index (χ1v) is 8.10. The highest BCUT2D eigenvalue weighted by atomic mass is 16.3. The maximum absolute atomic E-state index is 13.1. The normalized spacial score (nSPS) is 22.4. The Morgan fingerprint density at radius 2 is 1.46 bits per heavy atom. The SMILES string of the molecule is Cc1ccc([C@H]2C(=O)c3ccccc3[C@@]2(O)c2ccccc2)cc1. The molecule has 1 N–H and O–H groups in total. The molecule has 0 heterocycles. The van der Waals surface area contributed by atoms with Crippen LogP contribution < -0.4 is 0 Å². The molecule has 4 rings (SSSR count). The Kier molecular flexibility index (Phi) is 3.36. The van der Waals surface area contributed by atoms with Gasteiger partial charge in [0.05, 0.1) is 5.92 Å². The van der Waals surface area contributed by atoms with Crippen molar-refractivity contribution in [2.45, 2.75) is 18.4 Å². The van der Waals surface area contributed by atoms with Crippen molar-refractivity contribution in [3.05, 3.63) is 107 Å². The van der Waals surface area contributed by atoms with Gasteiger partial charge >= 0.3 is 0 Å². The summed E-state index contributed by atoms with van der Waals surface area (Å²) in [6.45, 7) is 2.01. The van der Waals surface area contributed by atoms with E-state index in [-0.39, 0.29) is 5.78 Å². The van der Waals surface area contributed by atoms with Crippen LogP contribution in [0.5, 0.6) is 0 Å². The molecule has 3 aromatic carbocycles. The molecule has 0 aromatic heterocycles. The molecule has 0 amide bonds. The Bertz CT molecular complexity index is 897. The molecule has 2 atom stereocenters. The van der Waals surface area contributed by atoms with E-state index in [1.165, 1.54) is 0 Å². The zero-order valence-electron chi connectivity index (χ0n) is 13.4. The van der Waals surface area contributed by atoms with Crippen molar-refractivity contribution in [3.63, 3.8) is 0 Å². The van der Waals surface area contributed by atoms with Crippen LogP contribution in [0.3, 0.4) is 0 Å². The van der Waals surface area contributed by atoms with E-state index in [4.69, 9.17) is 0 Å². The minimum Gasteiger partial charge on any atom is -0.379 e. The van der Waals surface area contributed by atoms with Gasteiger partial charge in [0.2, 0.25) is 0 Å². The number of aliphatic hydroxyl groups is 1. The molecule has 24 heavy (non-hydrogen) atoms. The van der Waals surface area contributed by atoms with Gasteiger partial charge in [-0.05, 0) is 23.6 Å². The topological polar surface area (TPSA) is 37.3 Å². The summed E-state index contributed by atoms with van der Waals surface area (Å²) in [5.41, 5.74) is 2.66. The Hall–Kier alpha value is -2.71. The van der Waals surface area contributed by atoms with Crippen LogP contribution in [0.15, 0.2) is 78.9 Å². The van der Waals surface area contributed by atoms with Crippen LogP contribution in [-0.2, 0) is 5.60 Å². The molecule has 0 unspecified atom stereocenters. The van der Waals surface area contributed by atoms with Crippen LogP contribution in [0.2, 0.25) is 0 Å². The fourth-order valence-corrected chi connectivity index (χ4v) is 3.70. The lowest BCUT2D eigenvalue weighted by Crippen LogP contribution is -2.33. The van der Waals surface area contributed by atoms with Crippen LogP contribution in [0, 0.1) is 6.92 Å². The molecule has 0 radical (unpaired) electrons. The van der Waals surface area contributed by atoms with Crippen molar-refractivity contribution >= 4 is 5.78 Å². The number of carbonyl (C=O) groups is 1. The third-order valence-electron chi connectivity index (χ3n) is 4.91. The van der Waals surface area contributed by atoms with Gasteiger partial charge in [-0.25, -0.2) is 0 Å². The second-order valence-corrected chi connectivity index (χ2v) is 6.39. The lowest BCUT2D eigenvalue weighted by molar-refractivity contribution is 0.0533. The van der Waals surface area contributed by atoms with Crippen molar-refractivity contribution in [3.8, 4) is 0 Å². The second-order valence-electron chi connectivity index (χ2n) is 6.39. The molecule has 3 aromatic rings. The molecule has 0 spiro atoms. The van der Waals surface area contributed by atoms with Gasteiger partial charge in [0.25, 0.3) is 0 Å². The van der Waals surface area contributed by atoms with Crippen LogP contribution >= 0.6 is 0 Å². The van der Waals surface area contributed by atoms with Crippen molar-refractivity contribution in [1.82, 2.24) is 0 Å². The maximum atomic E-state index is 13.1. The molecular weight excluding hydrogens is 296 g/mol. The van der Waals surface area contributed by atoms with Crippen molar-refractivity contribution in [1.29, 1.82) is 0 Å². The summed E-state index contributed by atoms with van der Waals surface area (Å²) in [6, 6.07) is 24.7. The average Bonchev–Trinajstić information content (AvgIpc) is 2.86. The summed E-state index contributed by atoms with van der Waals surface area (Å²) in [5.74, 6) is -0.654. The van der Waals surface area contributed by atoms with Crippen LogP contribution in [0.25, 0.3) is 0 Å². The highest BCUT2D eigenvalue weighted by molar-refractivity contribution is 6.07. The summed E-state index contributed by atoms with van der Waals surface area (Å²) in [7, 11) is 0. The molecule has 118 valence electrons. The Balaban J connectivity index is 1.98. The standard InChI is InChI=1S/C22H18O2/c1-15-11-13-16(14-12-15)20-21(23)18-9-5-6-10-19(18)22(20,24)17-7-3-2-4-8-17/h2-14,20,24H,1H3/t20-,22-/m0/s1. The number of rotatable bonds is 2. The van der Waals surface area contributed by atoms with Crippen molar-refractivity contribution in [2.75, 3.05) is 0 Å². The quantitative estimate of drug-likeness (QED) is 0.769. The first-order valence-electron chi connectivity index (χ1n) is 8.10. The second kappa shape index (κ2) is 5.43. The summed E-state index contributed by atoms with van der Waals surface area (Å²) >= 11 is 0. The van der Waals surface area contributed by atoms with Crippen LogP contribution in [-0.4, -0.2) is 10.9 Å². The number of aryl methyl sites for hydroxylation is 1. The Morgan fingerprint density at radius 1 is 0.833 bits per heavy atom. The Morgan fingerprint density at radius 3 is 2.17 bits per heavy atom. The van der Waals surface area contributed by atoms with Gasteiger partial charge in [-0.3, -0.25) is 4.79 Å². The number of fused-ring (bicyclic) bond motifs is 1. The van der Waals surface area contributed by atoms with Crippen molar-refractivity contribution in [2.24, 2.45) is 0 Å². The van der Waals surface area contributed by atoms with Crippen molar-refractivity contribution < 1.29 is 9.90 Å². The first-order chi connectivity index (χ1) is 11.6. The predicted molar refractivity (Wildman–Crippen MR) is 94.1 cm³/mol. The van der Waals surface area contributed by atoms with Gasteiger partial charge in [-0.2, -0.15) is 0 Å². The zero-order chi connectivity index (χ0) is 16.7. The molecule has 0 fully saturated rings. The summed E-state index contributed by atoms with van der Waals surface area (Å²) < 4.78 is 0. The van der Waals surface area contributed by atoms with Gasteiger partial charge in [0, 0.05) is 5.56 Å². The monoisotopic (exact) mass is 314 g/mol. The highest BCUT2D eigenvalue weighted by Crippen LogP contribution is 2.50. The van der Waals surface area contributed by atoms with E-state index >= 15 is 0 Å². The minimum atomic E-state index is -1.34. The number of hydrogen-bond donors (Lipinski definition) is 1. The molecular formula is C22H18O2. The number of carbonyl (C=O) groups excluding carboxylic acids is 1. The summed E-state index contributed by atoms with van der Waals surface area (Å²) in [6.07, 6.45) is 0. The minimum absolute atomic E-state index is 0.0270. The summed E-state index contributed by atoms with van der Waals surface area (Å²) in [4.78, 5) is 13.1. The molecule has 2 nitrogen and oxygen atoms in total. The number of Topliss-reactive ketones (excluding diaryl/α,β-unsaturated/α-hetero) is 1. The third-order valence-corrected chi connectivity index (χ3v) is 4.91. The number of ketones is 1. The third kappa shape index (κ3) is 2.04. The van der Waals surface area contributed by atoms with E-state index in [2.05, 4.69) is 0 Å². The van der Waals surface area contributed by atoms with E-state index in [1.54, 1.807) is 6.07 Å². The molecule has 1 aliphatic carbocycles. The van der Waals surface area contributed by atoms with Gasteiger partial charge in [0.1, 0.15) is 5.60 Å². The van der Waals surface area contributed by atoms with E-state index in [0.717, 1.165) is 16.7 Å². The van der Waals surface area contributed by atoms with E-state index in [0.29, 0.717) is 11.1 Å². The van der Waals surface area contributed by atoms with Gasteiger partial charge in [-0.15, -0.1) is 0 Å².